The third-order valence-electron chi connectivity index (χ3n) is 6.48. The Hall–Kier alpha value is -3.48. The molecule has 7 heteroatoms. The molecule has 0 radical (unpaired) electrons. The molecule has 2 aromatic rings. The van der Waals surface area contributed by atoms with Crippen molar-refractivity contribution in [3.05, 3.63) is 60.7 Å². The molecule has 1 aliphatic heterocycles. The SMILES string of the molecule is C=C(c1ccccc1)C1CN(c2ccc(OC)c(OC3CCCC3)c2)CCN1C(=O)C(=O)O. The second-order valence-corrected chi connectivity index (χ2v) is 8.52. The van der Waals surface area contributed by atoms with Crippen molar-refractivity contribution in [2.45, 2.75) is 37.8 Å². The van der Waals surface area contributed by atoms with Crippen LogP contribution in [0.15, 0.2) is 55.1 Å². The van der Waals surface area contributed by atoms with Crippen LogP contribution in [0.4, 0.5) is 5.69 Å². The van der Waals surface area contributed by atoms with Crippen LogP contribution in [0, 0.1) is 0 Å². The molecule has 1 saturated heterocycles. The van der Waals surface area contributed by atoms with Gasteiger partial charge in [-0.3, -0.25) is 4.79 Å². The number of anilines is 1. The zero-order chi connectivity index (χ0) is 23.4. The molecule has 1 saturated carbocycles. The maximum Gasteiger partial charge on any atom is 0.394 e. The zero-order valence-corrected chi connectivity index (χ0v) is 18.9. The number of amides is 1. The van der Waals surface area contributed by atoms with E-state index in [1.807, 2.05) is 48.5 Å². The van der Waals surface area contributed by atoms with Gasteiger partial charge in [-0.25, -0.2) is 4.79 Å². The number of carboxylic acids is 1. The molecule has 0 aromatic heterocycles. The van der Waals surface area contributed by atoms with Gasteiger partial charge in [0.2, 0.25) is 0 Å². The van der Waals surface area contributed by atoms with E-state index in [9.17, 15) is 14.7 Å². The van der Waals surface area contributed by atoms with Crippen LogP contribution in [-0.2, 0) is 9.59 Å². The van der Waals surface area contributed by atoms with E-state index in [1.54, 1.807) is 7.11 Å². The number of ether oxygens (including phenoxy) is 2. The first-order valence-corrected chi connectivity index (χ1v) is 11.4. The Morgan fingerprint density at radius 3 is 2.42 bits per heavy atom. The van der Waals surface area contributed by atoms with Gasteiger partial charge in [-0.05, 0) is 49.0 Å². The third-order valence-corrected chi connectivity index (χ3v) is 6.48. The average Bonchev–Trinajstić information content (AvgIpc) is 3.36. The van der Waals surface area contributed by atoms with Crippen LogP contribution in [0.1, 0.15) is 31.2 Å². The summed E-state index contributed by atoms with van der Waals surface area (Å²) in [6, 6.07) is 14.9. The molecule has 1 aliphatic carbocycles. The van der Waals surface area contributed by atoms with Gasteiger partial charge in [0.1, 0.15) is 0 Å². The van der Waals surface area contributed by atoms with Crippen LogP contribution in [-0.4, -0.2) is 60.8 Å². The molecular weight excluding hydrogens is 420 g/mol. The molecular formula is C26H30N2O5. The quantitative estimate of drug-likeness (QED) is 0.674. The summed E-state index contributed by atoms with van der Waals surface area (Å²) in [4.78, 5) is 27.5. The molecule has 1 N–H and O–H groups in total. The number of hydrogen-bond acceptors (Lipinski definition) is 5. The van der Waals surface area contributed by atoms with Gasteiger partial charge >= 0.3 is 11.9 Å². The van der Waals surface area contributed by atoms with Crippen LogP contribution < -0.4 is 14.4 Å². The Balaban J connectivity index is 1.60. The van der Waals surface area contributed by atoms with Gasteiger partial charge < -0.3 is 24.4 Å². The van der Waals surface area contributed by atoms with Gasteiger partial charge in [-0.2, -0.15) is 0 Å². The summed E-state index contributed by atoms with van der Waals surface area (Å²) in [5.74, 6) is -0.956. The summed E-state index contributed by atoms with van der Waals surface area (Å²) in [7, 11) is 1.63. The molecule has 1 amide bonds. The van der Waals surface area contributed by atoms with Crippen LogP contribution in [0.2, 0.25) is 0 Å². The van der Waals surface area contributed by atoms with Crippen LogP contribution in [0.5, 0.6) is 11.5 Å². The highest BCUT2D eigenvalue weighted by Crippen LogP contribution is 2.36. The van der Waals surface area contributed by atoms with E-state index in [0.717, 1.165) is 24.1 Å². The minimum Gasteiger partial charge on any atom is -0.493 e. The largest absolute Gasteiger partial charge is 0.493 e. The van der Waals surface area contributed by atoms with E-state index in [0.29, 0.717) is 30.2 Å². The van der Waals surface area contributed by atoms with E-state index < -0.39 is 17.9 Å². The number of piperazine rings is 1. The van der Waals surface area contributed by atoms with Gasteiger partial charge in [0.05, 0.1) is 19.3 Å². The van der Waals surface area contributed by atoms with Gasteiger partial charge in [0.15, 0.2) is 11.5 Å². The molecule has 174 valence electrons. The number of carbonyl (C=O) groups is 2. The molecule has 1 atom stereocenters. The summed E-state index contributed by atoms with van der Waals surface area (Å²) in [5.41, 5.74) is 2.54. The number of rotatable bonds is 6. The average molecular weight is 451 g/mol. The van der Waals surface area contributed by atoms with Crippen molar-refractivity contribution in [2.24, 2.45) is 0 Å². The normalized spacial score (nSPS) is 18.8. The monoisotopic (exact) mass is 450 g/mol. The number of carboxylic acid groups (broad SMARTS) is 1. The number of hydrogen-bond donors (Lipinski definition) is 1. The van der Waals surface area contributed by atoms with E-state index >= 15 is 0 Å². The van der Waals surface area contributed by atoms with Crippen molar-refractivity contribution in [1.82, 2.24) is 4.90 Å². The standard InChI is InChI=1S/C26H30N2O5/c1-18(19-8-4-3-5-9-19)22-17-27(14-15-28(22)25(29)26(30)31)20-12-13-23(32-2)24(16-20)33-21-10-6-7-11-21/h3-5,8-9,12-13,16,21-22H,1,6-7,10-11,14-15,17H2,2H3,(H,30,31). The second kappa shape index (κ2) is 9.98. The molecule has 2 aliphatic rings. The molecule has 1 unspecified atom stereocenters. The highest BCUT2D eigenvalue weighted by Gasteiger charge is 2.35. The van der Waals surface area contributed by atoms with Crippen LogP contribution >= 0.6 is 0 Å². The Morgan fingerprint density at radius 2 is 1.76 bits per heavy atom. The van der Waals surface area contributed by atoms with E-state index in [1.165, 1.54) is 17.7 Å². The smallest absolute Gasteiger partial charge is 0.394 e. The summed E-state index contributed by atoms with van der Waals surface area (Å²) in [6.45, 7) is 5.45. The first-order chi connectivity index (χ1) is 16.0. The zero-order valence-electron chi connectivity index (χ0n) is 18.9. The lowest BCUT2D eigenvalue weighted by atomic mass is 9.96. The van der Waals surface area contributed by atoms with Crippen LogP contribution in [0.25, 0.3) is 5.57 Å². The van der Waals surface area contributed by atoms with Crippen molar-refractivity contribution >= 4 is 23.1 Å². The van der Waals surface area contributed by atoms with Crippen molar-refractivity contribution in [1.29, 1.82) is 0 Å². The Bertz CT molecular complexity index is 1020. The summed E-state index contributed by atoms with van der Waals surface area (Å²) < 4.78 is 11.8. The van der Waals surface area contributed by atoms with Gasteiger partial charge in [-0.15, -0.1) is 0 Å². The fourth-order valence-corrected chi connectivity index (χ4v) is 4.67. The minimum atomic E-state index is -1.45. The summed E-state index contributed by atoms with van der Waals surface area (Å²) in [5, 5.41) is 9.35. The maximum atomic E-state index is 12.4. The van der Waals surface area contributed by atoms with E-state index in [4.69, 9.17) is 9.47 Å². The van der Waals surface area contributed by atoms with Gasteiger partial charge in [0, 0.05) is 31.4 Å². The van der Waals surface area contributed by atoms with Crippen LogP contribution in [0.3, 0.4) is 0 Å². The Labute approximate surface area is 194 Å². The molecule has 0 bridgehead atoms. The fourth-order valence-electron chi connectivity index (χ4n) is 4.67. The Morgan fingerprint density at radius 1 is 1.03 bits per heavy atom. The first-order valence-electron chi connectivity index (χ1n) is 11.4. The topological polar surface area (TPSA) is 79.3 Å². The van der Waals surface area contributed by atoms with Crippen molar-refractivity contribution in [2.75, 3.05) is 31.6 Å². The first kappa shape index (κ1) is 22.7. The number of aliphatic carboxylic acids is 1. The predicted molar refractivity (Wildman–Crippen MR) is 127 cm³/mol. The lowest BCUT2D eigenvalue weighted by Gasteiger charge is -2.42. The highest BCUT2D eigenvalue weighted by atomic mass is 16.5. The fraction of sp³-hybridized carbons (Fsp3) is 0.385. The van der Waals surface area contributed by atoms with Crippen molar-refractivity contribution < 1.29 is 24.2 Å². The molecule has 7 nitrogen and oxygen atoms in total. The molecule has 33 heavy (non-hydrogen) atoms. The number of nitrogens with zero attached hydrogens (tertiary/aromatic N) is 2. The lowest BCUT2D eigenvalue weighted by Crippen LogP contribution is -2.57. The van der Waals surface area contributed by atoms with Gasteiger partial charge in [0.25, 0.3) is 0 Å². The maximum absolute atomic E-state index is 12.4. The minimum absolute atomic E-state index is 0.199. The lowest BCUT2D eigenvalue weighted by molar-refractivity contribution is -0.156. The third kappa shape index (κ3) is 4.97. The molecule has 2 aromatic carbocycles. The number of benzene rings is 2. The molecule has 0 spiro atoms. The van der Waals surface area contributed by atoms with Crippen molar-refractivity contribution in [3.63, 3.8) is 0 Å². The van der Waals surface area contributed by atoms with Gasteiger partial charge in [-0.1, -0.05) is 36.9 Å². The number of methoxy groups -OCH3 is 1. The number of carbonyl (C=O) groups excluding carboxylic acids is 1. The summed E-state index contributed by atoms with van der Waals surface area (Å²) in [6.07, 6.45) is 4.64. The second-order valence-electron chi connectivity index (χ2n) is 8.52. The Kier molecular flexibility index (Phi) is 6.87. The van der Waals surface area contributed by atoms with E-state index in [-0.39, 0.29) is 12.6 Å². The molecule has 4 rings (SSSR count). The summed E-state index contributed by atoms with van der Waals surface area (Å²) >= 11 is 0. The highest BCUT2D eigenvalue weighted by molar-refractivity contribution is 6.31. The van der Waals surface area contributed by atoms with E-state index in [2.05, 4.69) is 11.5 Å². The predicted octanol–water partition coefficient (Wildman–Crippen LogP) is 3.83. The molecule has 1 heterocycles. The van der Waals surface area contributed by atoms with Crippen molar-refractivity contribution in [3.8, 4) is 11.5 Å². The molecule has 2 fully saturated rings.